The Morgan fingerprint density at radius 2 is 2.00 bits per heavy atom. The number of rotatable bonds is 4. The van der Waals surface area contributed by atoms with Crippen molar-refractivity contribution in [2.24, 2.45) is 4.40 Å². The monoisotopic (exact) mass is 361 g/mol. The fourth-order valence-electron chi connectivity index (χ4n) is 2.42. The van der Waals surface area contributed by atoms with Crippen LogP contribution in [0, 0.1) is 5.82 Å². The summed E-state index contributed by atoms with van der Waals surface area (Å²) >= 11 is 0. The zero-order valence-corrected chi connectivity index (χ0v) is 15.1. The maximum atomic E-state index is 14.7. The molecule has 134 valence electrons. The van der Waals surface area contributed by atoms with E-state index < -0.39 is 39.1 Å². The second-order valence-electron chi connectivity index (χ2n) is 6.83. The Balaban J connectivity index is 2.41. The molecular weight excluding hydrogens is 339 g/mol. The average Bonchev–Trinajstić information content (AvgIpc) is 3.01. The predicted molar refractivity (Wildman–Crippen MR) is 89.4 cm³/mol. The molecule has 7 heteroatoms. The van der Waals surface area contributed by atoms with Crippen LogP contribution in [0.25, 0.3) is 0 Å². The van der Waals surface area contributed by atoms with Gasteiger partial charge in [0.1, 0.15) is 22.9 Å². The molecule has 1 aliphatic heterocycles. The van der Waals surface area contributed by atoms with Crippen LogP contribution >= 0.6 is 0 Å². The maximum Gasteiger partial charge on any atom is 0.301 e. The first-order chi connectivity index (χ1) is 11.0. The van der Waals surface area contributed by atoms with Crippen LogP contribution in [0.1, 0.15) is 51.7 Å². The van der Waals surface area contributed by atoms with E-state index in [9.17, 15) is 17.4 Å². The summed E-state index contributed by atoms with van der Waals surface area (Å²) in [4.78, 5) is 0. The molecule has 2 rings (SSSR count). The van der Waals surface area contributed by atoms with Gasteiger partial charge in [-0.1, -0.05) is 12.1 Å². The minimum atomic E-state index is -3.42. The second-order valence-corrected chi connectivity index (χ2v) is 8.74. The highest BCUT2D eigenvalue weighted by molar-refractivity contribution is 7.85. The second kappa shape index (κ2) is 6.96. The minimum absolute atomic E-state index is 0.0669. The average molecular weight is 361 g/mol. The van der Waals surface area contributed by atoms with Crippen LogP contribution in [-0.2, 0) is 21.6 Å². The molecule has 1 aromatic rings. The van der Waals surface area contributed by atoms with Gasteiger partial charge in [-0.05, 0) is 46.6 Å². The van der Waals surface area contributed by atoms with E-state index in [-0.39, 0.29) is 24.3 Å². The highest BCUT2D eigenvalue weighted by Gasteiger charge is 2.46. The summed E-state index contributed by atoms with van der Waals surface area (Å²) in [5.74, 6) is -4.45. The molecule has 1 saturated heterocycles. The van der Waals surface area contributed by atoms with Gasteiger partial charge in [0.15, 0.2) is 0 Å². The molecule has 0 N–H and O–H groups in total. The fourth-order valence-corrected chi connectivity index (χ4v) is 3.04. The Kier molecular flexibility index (Phi) is 5.54. The molecule has 3 nitrogen and oxygen atoms in total. The van der Waals surface area contributed by atoms with Crippen LogP contribution in [0.2, 0.25) is 0 Å². The van der Waals surface area contributed by atoms with Crippen LogP contribution in [0.15, 0.2) is 22.6 Å². The Bertz CT molecular complexity index is 662. The van der Waals surface area contributed by atoms with Crippen LogP contribution in [0.5, 0.6) is 0 Å². The number of halogens is 3. The Hall–Kier alpha value is -1.21. The summed E-state index contributed by atoms with van der Waals surface area (Å²) in [6.45, 7) is 6.93. The normalized spacial score (nSPS) is 21.1. The molecule has 1 aromatic carbocycles. The van der Waals surface area contributed by atoms with Crippen LogP contribution < -0.4 is 0 Å². The van der Waals surface area contributed by atoms with Crippen molar-refractivity contribution < 1.29 is 22.1 Å². The summed E-state index contributed by atoms with van der Waals surface area (Å²) < 4.78 is 64.3. The molecule has 0 amide bonds. The van der Waals surface area contributed by atoms with Crippen LogP contribution in [-0.4, -0.2) is 27.4 Å². The van der Waals surface area contributed by atoms with E-state index in [0.29, 0.717) is 6.42 Å². The molecule has 0 aromatic heterocycles. The molecule has 0 spiro atoms. The number of ether oxygens (including phenoxy) is 1. The molecule has 0 aliphatic carbocycles. The Morgan fingerprint density at radius 3 is 2.54 bits per heavy atom. The maximum absolute atomic E-state index is 14.7. The molecule has 2 atom stereocenters. The van der Waals surface area contributed by atoms with Crippen molar-refractivity contribution in [3.63, 3.8) is 0 Å². The van der Waals surface area contributed by atoms with Crippen LogP contribution in [0.3, 0.4) is 0 Å². The van der Waals surface area contributed by atoms with Crippen molar-refractivity contribution in [1.82, 2.24) is 0 Å². The summed E-state index contributed by atoms with van der Waals surface area (Å²) in [7, 11) is -1.60. The molecule has 1 fully saturated rings. The first-order valence-electron chi connectivity index (χ1n) is 7.81. The zero-order valence-electron chi connectivity index (χ0n) is 14.2. The lowest BCUT2D eigenvalue weighted by molar-refractivity contribution is -0.124. The van der Waals surface area contributed by atoms with Crippen molar-refractivity contribution in [1.29, 1.82) is 0 Å². The highest BCUT2D eigenvalue weighted by atomic mass is 32.2. The molecular formula is C17H22F3NO2S. The van der Waals surface area contributed by atoms with E-state index in [0.717, 1.165) is 6.07 Å². The summed E-state index contributed by atoms with van der Waals surface area (Å²) in [5.41, 5.74) is -0.642. The van der Waals surface area contributed by atoms with Gasteiger partial charge in [0.05, 0.1) is 16.0 Å². The van der Waals surface area contributed by atoms with E-state index in [2.05, 4.69) is 4.40 Å². The third-order valence-electron chi connectivity index (χ3n) is 3.83. The van der Waals surface area contributed by atoms with E-state index in [1.165, 1.54) is 19.1 Å². The zero-order chi connectivity index (χ0) is 18.1. The van der Waals surface area contributed by atoms with Gasteiger partial charge in [-0.2, -0.15) is 13.2 Å². The first kappa shape index (κ1) is 19.1. The molecule has 0 radical (unpaired) electrons. The van der Waals surface area contributed by atoms with E-state index >= 15 is 0 Å². The topological polar surface area (TPSA) is 38.7 Å². The summed E-state index contributed by atoms with van der Waals surface area (Å²) in [6, 6.07) is 3.78. The van der Waals surface area contributed by atoms with Crippen LogP contribution in [0.4, 0.5) is 13.2 Å². The third kappa shape index (κ3) is 3.88. The highest BCUT2D eigenvalue weighted by Crippen LogP contribution is 2.40. The number of benzene rings is 1. The molecule has 1 heterocycles. The van der Waals surface area contributed by atoms with Crippen molar-refractivity contribution >= 4 is 16.7 Å². The predicted octanol–water partition coefficient (Wildman–Crippen LogP) is 4.37. The van der Waals surface area contributed by atoms with Gasteiger partial charge in [0.25, 0.3) is 0 Å². The SMILES string of the molecule is CC(=N[S@@](=O)C(C)(C)C)c1cccc(C(F)(F)[C@H]2CCCO2)c1F. The number of hydrogen-bond acceptors (Lipinski definition) is 2. The van der Waals surface area contributed by atoms with Gasteiger partial charge in [0.2, 0.25) is 0 Å². The lowest BCUT2D eigenvalue weighted by Crippen LogP contribution is -2.31. The van der Waals surface area contributed by atoms with E-state index in [4.69, 9.17) is 4.74 Å². The fraction of sp³-hybridized carbons (Fsp3) is 0.588. The van der Waals surface area contributed by atoms with Gasteiger partial charge in [-0.15, -0.1) is 0 Å². The standard InChI is InChI=1S/C17H22F3NO2S/c1-11(21-24(22)16(2,3)4)12-7-5-8-13(15(12)18)17(19,20)14-9-6-10-23-14/h5,7-8,14H,6,9-10H2,1-4H3/t14-,24+/m1/s1. The Labute approximate surface area is 142 Å². The summed E-state index contributed by atoms with van der Waals surface area (Å²) in [5, 5.41) is 0. The summed E-state index contributed by atoms with van der Waals surface area (Å²) in [6.07, 6.45) is -0.590. The van der Waals surface area contributed by atoms with Crippen molar-refractivity contribution in [3.05, 3.63) is 35.1 Å². The molecule has 24 heavy (non-hydrogen) atoms. The van der Waals surface area contributed by atoms with Gasteiger partial charge in [-0.3, -0.25) is 0 Å². The largest absolute Gasteiger partial charge is 0.372 e. The van der Waals surface area contributed by atoms with Crippen molar-refractivity contribution in [2.45, 2.75) is 57.3 Å². The van der Waals surface area contributed by atoms with Gasteiger partial charge < -0.3 is 4.74 Å². The lowest BCUT2D eigenvalue weighted by Gasteiger charge is -2.24. The van der Waals surface area contributed by atoms with Gasteiger partial charge in [0, 0.05) is 12.2 Å². The third-order valence-corrected chi connectivity index (χ3v) is 5.31. The number of hydrogen-bond donors (Lipinski definition) is 0. The van der Waals surface area contributed by atoms with Crippen molar-refractivity contribution in [3.8, 4) is 0 Å². The van der Waals surface area contributed by atoms with E-state index in [1.807, 2.05) is 0 Å². The quantitative estimate of drug-likeness (QED) is 0.747. The minimum Gasteiger partial charge on any atom is -0.372 e. The number of alkyl halides is 2. The molecule has 0 saturated carbocycles. The molecule has 0 bridgehead atoms. The van der Waals surface area contributed by atoms with Crippen molar-refractivity contribution in [2.75, 3.05) is 6.61 Å². The lowest BCUT2D eigenvalue weighted by atomic mass is 9.97. The molecule has 0 unspecified atom stereocenters. The first-order valence-corrected chi connectivity index (χ1v) is 8.92. The molecule has 1 aliphatic rings. The number of nitrogens with zero attached hydrogens (tertiary/aromatic N) is 1. The van der Waals surface area contributed by atoms with Gasteiger partial charge >= 0.3 is 5.92 Å². The van der Waals surface area contributed by atoms with E-state index in [1.54, 1.807) is 20.8 Å². The van der Waals surface area contributed by atoms with Gasteiger partial charge in [-0.25, -0.2) is 8.60 Å². The Morgan fingerprint density at radius 1 is 1.33 bits per heavy atom. The smallest absolute Gasteiger partial charge is 0.301 e.